The second kappa shape index (κ2) is 9.89. The van der Waals surface area contributed by atoms with Gasteiger partial charge >= 0.3 is 0 Å². The van der Waals surface area contributed by atoms with Gasteiger partial charge in [0, 0.05) is 26.3 Å². The smallest absolute Gasteiger partial charge is 0.227 e. The Morgan fingerprint density at radius 3 is 2.45 bits per heavy atom. The average molecular weight is 428 g/mol. The monoisotopic (exact) mass is 427 g/mol. The van der Waals surface area contributed by atoms with E-state index >= 15 is 0 Å². The highest BCUT2D eigenvalue weighted by atomic mass is 35.5. The van der Waals surface area contributed by atoms with Crippen LogP contribution in [-0.4, -0.2) is 34.0 Å². The Hall–Kier alpha value is -1.67. The fourth-order valence-corrected chi connectivity index (χ4v) is 4.27. The van der Waals surface area contributed by atoms with E-state index in [0.717, 1.165) is 51.4 Å². The molecule has 1 atom stereocenters. The summed E-state index contributed by atoms with van der Waals surface area (Å²) < 4.78 is 5.41. The first kappa shape index (κ1) is 23.6. The maximum absolute atomic E-state index is 12.4. The fraction of sp³-hybridized carbons (Fsp3) is 0.800. The van der Waals surface area contributed by atoms with Gasteiger partial charge in [0.2, 0.25) is 17.7 Å². The van der Waals surface area contributed by atoms with Crippen LogP contribution in [0.5, 0.6) is 0 Å². The zero-order chi connectivity index (χ0) is 20.2. The molecule has 1 aromatic rings. The number of aromatic nitrogens is 2. The molecule has 9 heteroatoms. The molecule has 0 radical (unpaired) electrons. The molecule has 0 spiro atoms. The van der Waals surface area contributed by atoms with Crippen molar-refractivity contribution in [2.45, 2.75) is 89.1 Å². The normalized spacial score (nSPS) is 20.7. The van der Waals surface area contributed by atoms with Gasteiger partial charge in [0.25, 0.3) is 0 Å². The van der Waals surface area contributed by atoms with Crippen molar-refractivity contribution in [1.29, 1.82) is 0 Å². The molecular formula is C20H34ClN5O3. The van der Waals surface area contributed by atoms with E-state index < -0.39 is 5.54 Å². The molecule has 8 nitrogen and oxygen atoms in total. The molecular weight excluding hydrogens is 394 g/mol. The molecule has 3 rings (SSSR count). The molecule has 0 saturated heterocycles. The third kappa shape index (κ3) is 5.92. The number of halogens is 1. The predicted octanol–water partition coefficient (Wildman–Crippen LogP) is 2.35. The third-order valence-electron chi connectivity index (χ3n) is 6.16. The molecule has 2 aliphatic rings. The number of nitrogens with two attached hydrogens (primary N) is 1. The van der Waals surface area contributed by atoms with Crippen molar-refractivity contribution in [1.82, 2.24) is 20.8 Å². The summed E-state index contributed by atoms with van der Waals surface area (Å²) in [6.45, 7) is 3.97. The van der Waals surface area contributed by atoms with Gasteiger partial charge in [-0.15, -0.1) is 12.4 Å². The van der Waals surface area contributed by atoms with Crippen LogP contribution in [0.25, 0.3) is 0 Å². The number of hydrogen-bond donors (Lipinski definition) is 3. The minimum absolute atomic E-state index is 0. The van der Waals surface area contributed by atoms with E-state index in [4.69, 9.17) is 10.3 Å². The van der Waals surface area contributed by atoms with Crippen LogP contribution in [0, 0.1) is 5.92 Å². The van der Waals surface area contributed by atoms with E-state index in [2.05, 4.69) is 20.8 Å². The topological polar surface area (TPSA) is 123 Å². The van der Waals surface area contributed by atoms with Gasteiger partial charge in [-0.3, -0.25) is 9.59 Å². The van der Waals surface area contributed by atoms with E-state index in [1.165, 1.54) is 6.92 Å². The van der Waals surface area contributed by atoms with Gasteiger partial charge in [0.1, 0.15) is 5.54 Å². The van der Waals surface area contributed by atoms with Crippen LogP contribution in [0.4, 0.5) is 0 Å². The number of carbonyl (C=O) groups is 2. The first-order valence-corrected chi connectivity index (χ1v) is 10.5. The first-order valence-electron chi connectivity index (χ1n) is 10.5. The van der Waals surface area contributed by atoms with Crippen molar-refractivity contribution in [3.63, 3.8) is 0 Å². The number of aryl methyl sites for hydroxylation is 1. The lowest BCUT2D eigenvalue weighted by molar-refractivity contribution is -0.123. The summed E-state index contributed by atoms with van der Waals surface area (Å²) in [7, 11) is 0. The van der Waals surface area contributed by atoms with E-state index in [0.29, 0.717) is 30.6 Å². The van der Waals surface area contributed by atoms with Crippen LogP contribution in [0.3, 0.4) is 0 Å². The molecule has 29 heavy (non-hydrogen) atoms. The van der Waals surface area contributed by atoms with Gasteiger partial charge in [-0.05, 0) is 38.5 Å². The Labute approximate surface area is 178 Å². The second-order valence-electron chi connectivity index (χ2n) is 8.63. The summed E-state index contributed by atoms with van der Waals surface area (Å²) >= 11 is 0. The largest absolute Gasteiger partial charge is 0.349 e. The number of nitrogens with zero attached hydrogens (tertiary/aromatic N) is 2. The summed E-state index contributed by atoms with van der Waals surface area (Å²) in [5, 5.41) is 10.3. The van der Waals surface area contributed by atoms with Crippen LogP contribution in [-0.2, 0) is 21.5 Å². The maximum atomic E-state index is 12.4. The molecule has 0 bridgehead atoms. The van der Waals surface area contributed by atoms with Gasteiger partial charge in [-0.2, -0.15) is 4.98 Å². The van der Waals surface area contributed by atoms with E-state index in [-0.39, 0.29) is 36.2 Å². The SMILES string of the molecule is CC(=O)NC1(c2noc(CCC(=O)NC(C)(CN)C3CC3)n2)CCCCCC1.Cl. The lowest BCUT2D eigenvalue weighted by Crippen LogP contribution is -2.53. The van der Waals surface area contributed by atoms with Gasteiger partial charge in [0.15, 0.2) is 5.82 Å². The first-order chi connectivity index (χ1) is 13.4. The lowest BCUT2D eigenvalue weighted by Gasteiger charge is -2.30. The number of nitrogens with one attached hydrogen (secondary N) is 2. The molecule has 2 aliphatic carbocycles. The molecule has 2 fully saturated rings. The summed E-state index contributed by atoms with van der Waals surface area (Å²) in [6.07, 6.45) is 8.83. The van der Waals surface area contributed by atoms with Crippen LogP contribution in [0.1, 0.15) is 83.3 Å². The Bertz CT molecular complexity index is 698. The van der Waals surface area contributed by atoms with Gasteiger partial charge < -0.3 is 20.9 Å². The van der Waals surface area contributed by atoms with Crippen molar-refractivity contribution >= 4 is 24.2 Å². The summed E-state index contributed by atoms with van der Waals surface area (Å²) in [5.74, 6) is 1.30. The van der Waals surface area contributed by atoms with Crippen LogP contribution >= 0.6 is 12.4 Å². The van der Waals surface area contributed by atoms with Crippen LogP contribution < -0.4 is 16.4 Å². The zero-order valence-electron chi connectivity index (χ0n) is 17.5. The Morgan fingerprint density at radius 1 is 1.24 bits per heavy atom. The van der Waals surface area contributed by atoms with Crippen molar-refractivity contribution in [2.75, 3.05) is 6.54 Å². The van der Waals surface area contributed by atoms with E-state index in [1.807, 2.05) is 6.92 Å². The summed E-state index contributed by atoms with van der Waals surface area (Å²) in [4.78, 5) is 28.7. The molecule has 0 aliphatic heterocycles. The minimum atomic E-state index is -0.559. The highest BCUT2D eigenvalue weighted by Gasteiger charge is 2.41. The Kier molecular flexibility index (Phi) is 8.05. The minimum Gasteiger partial charge on any atom is -0.349 e. The van der Waals surface area contributed by atoms with Gasteiger partial charge in [0.05, 0.1) is 5.54 Å². The van der Waals surface area contributed by atoms with E-state index in [9.17, 15) is 9.59 Å². The van der Waals surface area contributed by atoms with Crippen molar-refractivity contribution in [3.8, 4) is 0 Å². The molecule has 1 unspecified atom stereocenters. The molecule has 1 aromatic heterocycles. The van der Waals surface area contributed by atoms with Gasteiger partial charge in [-0.1, -0.05) is 30.8 Å². The lowest BCUT2D eigenvalue weighted by atomic mass is 9.89. The number of rotatable bonds is 8. The predicted molar refractivity (Wildman–Crippen MR) is 111 cm³/mol. The quantitative estimate of drug-likeness (QED) is 0.547. The van der Waals surface area contributed by atoms with Crippen LogP contribution in [0.15, 0.2) is 4.52 Å². The number of hydrogen-bond acceptors (Lipinski definition) is 6. The molecule has 2 amide bonds. The zero-order valence-corrected chi connectivity index (χ0v) is 18.3. The molecule has 1 heterocycles. The Balaban J connectivity index is 0.00000300. The highest BCUT2D eigenvalue weighted by Crippen LogP contribution is 2.39. The van der Waals surface area contributed by atoms with Crippen LogP contribution in [0.2, 0.25) is 0 Å². The number of amides is 2. The van der Waals surface area contributed by atoms with Crippen molar-refractivity contribution < 1.29 is 14.1 Å². The number of carbonyl (C=O) groups excluding carboxylic acids is 2. The Morgan fingerprint density at radius 2 is 1.90 bits per heavy atom. The molecule has 164 valence electrons. The van der Waals surface area contributed by atoms with Gasteiger partial charge in [-0.25, -0.2) is 0 Å². The molecule has 0 aromatic carbocycles. The van der Waals surface area contributed by atoms with Crippen molar-refractivity contribution in [3.05, 3.63) is 11.7 Å². The average Bonchev–Trinajstić information content (AvgIpc) is 3.44. The standard InChI is InChI=1S/C20H33N5O3.ClH/c1-14(26)23-20(11-5-3-4-6-12-20)18-22-17(28-25-18)10-9-16(27)24-19(2,13-21)15-7-8-15;/h15H,3-13,21H2,1-2H3,(H,23,26)(H,24,27);1H. The van der Waals surface area contributed by atoms with Crippen molar-refractivity contribution in [2.24, 2.45) is 11.7 Å². The second-order valence-corrected chi connectivity index (χ2v) is 8.63. The fourth-order valence-electron chi connectivity index (χ4n) is 4.27. The molecule has 2 saturated carbocycles. The maximum Gasteiger partial charge on any atom is 0.227 e. The summed E-state index contributed by atoms with van der Waals surface area (Å²) in [5.41, 5.74) is 4.98. The summed E-state index contributed by atoms with van der Waals surface area (Å²) in [6, 6.07) is 0. The third-order valence-corrected chi connectivity index (χ3v) is 6.16. The highest BCUT2D eigenvalue weighted by molar-refractivity contribution is 5.85. The van der Waals surface area contributed by atoms with E-state index in [1.54, 1.807) is 0 Å². The molecule has 4 N–H and O–H groups in total.